The molecule has 0 aromatic heterocycles. The molecule has 2 aliphatic heterocycles. The van der Waals surface area contributed by atoms with Crippen LogP contribution in [0.4, 0.5) is 0 Å². The van der Waals surface area contributed by atoms with Gasteiger partial charge in [0.15, 0.2) is 15.0 Å². The van der Waals surface area contributed by atoms with Gasteiger partial charge < -0.3 is 4.90 Å². The van der Waals surface area contributed by atoms with Crippen molar-refractivity contribution < 1.29 is 13.2 Å². The molecule has 2 rings (SSSR count). The maximum absolute atomic E-state index is 11.8. The Morgan fingerprint density at radius 2 is 2.22 bits per heavy atom. The lowest BCUT2D eigenvalue weighted by Gasteiger charge is -2.18. The molecule has 0 aromatic rings. The molecule has 7 heteroatoms. The zero-order valence-corrected chi connectivity index (χ0v) is 12.4. The molecule has 0 saturated carbocycles. The highest BCUT2D eigenvalue weighted by Crippen LogP contribution is 2.37. The second kappa shape index (κ2) is 4.85. The lowest BCUT2D eigenvalue weighted by Crippen LogP contribution is -2.34. The third-order valence-electron chi connectivity index (χ3n) is 3.57. The molecule has 0 aromatic carbocycles. The summed E-state index contributed by atoms with van der Waals surface area (Å²) in [5.74, 6) is 0.186. The van der Waals surface area contributed by atoms with Crippen LogP contribution in [0.3, 0.4) is 0 Å². The van der Waals surface area contributed by atoms with Gasteiger partial charge in [0.1, 0.15) is 0 Å². The van der Waals surface area contributed by atoms with Crippen molar-refractivity contribution in [2.24, 2.45) is 10.9 Å². The summed E-state index contributed by atoms with van der Waals surface area (Å²) in [6, 6.07) is -0.0246. The van der Waals surface area contributed by atoms with Gasteiger partial charge in [0, 0.05) is 18.2 Å². The van der Waals surface area contributed by atoms with E-state index in [1.54, 1.807) is 0 Å². The zero-order valence-electron chi connectivity index (χ0n) is 10.8. The number of carbonyl (C=O) groups is 1. The normalized spacial score (nSPS) is 33.7. The highest BCUT2D eigenvalue weighted by atomic mass is 32.2. The van der Waals surface area contributed by atoms with Crippen LogP contribution in [0.2, 0.25) is 0 Å². The highest BCUT2D eigenvalue weighted by molar-refractivity contribution is 8.15. The molecule has 0 N–H and O–H groups in total. The minimum Gasteiger partial charge on any atom is -0.349 e. The van der Waals surface area contributed by atoms with Crippen molar-refractivity contribution in [3.05, 3.63) is 0 Å². The van der Waals surface area contributed by atoms with Gasteiger partial charge in [-0.25, -0.2) is 8.42 Å². The Morgan fingerprint density at radius 3 is 2.78 bits per heavy atom. The van der Waals surface area contributed by atoms with Crippen molar-refractivity contribution in [2.75, 3.05) is 18.6 Å². The van der Waals surface area contributed by atoms with Crippen molar-refractivity contribution in [1.29, 1.82) is 0 Å². The fourth-order valence-corrected chi connectivity index (χ4v) is 6.12. The number of amidine groups is 1. The quantitative estimate of drug-likeness (QED) is 0.751. The Labute approximate surface area is 112 Å². The molecule has 0 unspecified atom stereocenters. The van der Waals surface area contributed by atoms with Gasteiger partial charge in [-0.15, -0.1) is 0 Å². The predicted octanol–water partition coefficient (Wildman–Crippen LogP) is 0.759. The fraction of sp³-hybridized carbons (Fsp3) is 0.818. The monoisotopic (exact) mass is 290 g/mol. The average Bonchev–Trinajstić information content (AvgIpc) is 2.73. The lowest BCUT2D eigenvalue weighted by molar-refractivity contribution is -0.121. The van der Waals surface area contributed by atoms with Gasteiger partial charge in [-0.2, -0.15) is 4.99 Å². The van der Waals surface area contributed by atoms with E-state index in [1.165, 1.54) is 11.8 Å². The van der Waals surface area contributed by atoms with Crippen LogP contribution in [0.5, 0.6) is 0 Å². The summed E-state index contributed by atoms with van der Waals surface area (Å²) in [5.41, 5.74) is 0. The van der Waals surface area contributed by atoms with Gasteiger partial charge in [-0.05, 0) is 6.42 Å². The van der Waals surface area contributed by atoms with Gasteiger partial charge in [-0.1, -0.05) is 25.6 Å². The molecular formula is C11H18N2O3S2. The van der Waals surface area contributed by atoms with Crippen LogP contribution in [-0.4, -0.2) is 54.2 Å². The minimum absolute atomic E-state index is 0.0246. The first-order chi connectivity index (χ1) is 8.34. The van der Waals surface area contributed by atoms with E-state index in [1.807, 2.05) is 25.8 Å². The van der Waals surface area contributed by atoms with E-state index in [9.17, 15) is 13.2 Å². The van der Waals surface area contributed by atoms with E-state index in [-0.39, 0.29) is 34.6 Å². The molecule has 2 aliphatic rings. The van der Waals surface area contributed by atoms with Gasteiger partial charge in [0.2, 0.25) is 0 Å². The largest absolute Gasteiger partial charge is 0.349 e. The maximum atomic E-state index is 11.8. The van der Waals surface area contributed by atoms with E-state index < -0.39 is 9.84 Å². The third-order valence-corrected chi connectivity index (χ3v) is 6.87. The number of nitrogens with zero attached hydrogens (tertiary/aromatic N) is 2. The molecule has 0 spiro atoms. The standard InChI is InChI=1S/C11H18N2O3S2/c1-4-7(2)10(14)12-11-13(3)8-5-18(15,16)6-9(8)17-11/h7-9H,4-6H2,1-3H3/t7-,8+,9-/m0/s1. The summed E-state index contributed by atoms with van der Waals surface area (Å²) in [5, 5.41) is 0.702. The molecule has 18 heavy (non-hydrogen) atoms. The number of hydrogen-bond donors (Lipinski definition) is 0. The van der Waals surface area contributed by atoms with Crippen molar-refractivity contribution in [1.82, 2.24) is 4.90 Å². The Bertz CT molecular complexity index is 487. The van der Waals surface area contributed by atoms with E-state index in [4.69, 9.17) is 0 Å². The fourth-order valence-electron chi connectivity index (χ4n) is 2.12. The topological polar surface area (TPSA) is 66.8 Å². The Kier molecular flexibility index (Phi) is 3.73. The summed E-state index contributed by atoms with van der Waals surface area (Å²) < 4.78 is 23.1. The smallest absolute Gasteiger partial charge is 0.250 e. The zero-order chi connectivity index (χ0) is 13.5. The van der Waals surface area contributed by atoms with Crippen LogP contribution in [-0.2, 0) is 14.6 Å². The van der Waals surface area contributed by atoms with Gasteiger partial charge in [-0.3, -0.25) is 4.79 Å². The first kappa shape index (κ1) is 13.9. The Morgan fingerprint density at radius 1 is 1.56 bits per heavy atom. The highest BCUT2D eigenvalue weighted by Gasteiger charge is 2.47. The number of amides is 1. The summed E-state index contributed by atoms with van der Waals surface area (Å²) in [4.78, 5) is 17.8. The van der Waals surface area contributed by atoms with E-state index in [0.29, 0.717) is 5.17 Å². The number of thioether (sulfide) groups is 1. The Balaban J connectivity index is 2.12. The van der Waals surface area contributed by atoms with Crippen LogP contribution in [0.1, 0.15) is 20.3 Å². The molecule has 2 saturated heterocycles. The van der Waals surface area contributed by atoms with E-state index in [0.717, 1.165) is 6.42 Å². The number of aliphatic imine (C=N–C) groups is 1. The third kappa shape index (κ3) is 2.56. The van der Waals surface area contributed by atoms with Gasteiger partial charge in [0.05, 0.1) is 17.5 Å². The number of sulfone groups is 1. The first-order valence-electron chi connectivity index (χ1n) is 6.06. The van der Waals surface area contributed by atoms with Crippen molar-refractivity contribution >= 4 is 32.7 Å². The molecule has 0 radical (unpaired) electrons. The summed E-state index contributed by atoms with van der Waals surface area (Å²) >= 11 is 1.42. The number of rotatable bonds is 2. The van der Waals surface area contributed by atoms with Crippen LogP contribution in [0, 0.1) is 5.92 Å². The van der Waals surface area contributed by atoms with E-state index in [2.05, 4.69) is 4.99 Å². The Hall–Kier alpha value is -0.560. The van der Waals surface area contributed by atoms with Crippen LogP contribution >= 0.6 is 11.8 Å². The molecule has 1 amide bonds. The number of carbonyl (C=O) groups excluding carboxylic acids is 1. The van der Waals surface area contributed by atoms with E-state index >= 15 is 0 Å². The second-order valence-corrected chi connectivity index (χ2v) is 8.31. The number of hydrogen-bond acceptors (Lipinski definition) is 4. The van der Waals surface area contributed by atoms with Crippen LogP contribution < -0.4 is 0 Å². The molecule has 2 fully saturated rings. The molecular weight excluding hydrogens is 272 g/mol. The molecule has 0 aliphatic carbocycles. The summed E-state index contributed by atoms with van der Waals surface area (Å²) in [6.07, 6.45) is 0.769. The maximum Gasteiger partial charge on any atom is 0.250 e. The van der Waals surface area contributed by atoms with Crippen LogP contribution in [0.25, 0.3) is 0 Å². The average molecular weight is 290 g/mol. The molecule has 3 atom stereocenters. The molecule has 5 nitrogen and oxygen atoms in total. The second-order valence-electron chi connectivity index (χ2n) is 4.95. The van der Waals surface area contributed by atoms with Crippen molar-refractivity contribution in [2.45, 2.75) is 31.6 Å². The molecule has 102 valence electrons. The van der Waals surface area contributed by atoms with Crippen molar-refractivity contribution in [3.63, 3.8) is 0 Å². The molecule has 2 heterocycles. The SMILES string of the molecule is CC[C@H](C)C(=O)N=C1S[C@H]2CS(=O)(=O)C[C@H]2N1C. The summed E-state index contributed by atoms with van der Waals surface area (Å²) in [6.45, 7) is 3.81. The van der Waals surface area contributed by atoms with Crippen molar-refractivity contribution in [3.8, 4) is 0 Å². The lowest BCUT2D eigenvalue weighted by atomic mass is 10.1. The predicted molar refractivity (Wildman–Crippen MR) is 73.5 cm³/mol. The van der Waals surface area contributed by atoms with Crippen LogP contribution in [0.15, 0.2) is 4.99 Å². The van der Waals surface area contributed by atoms with Gasteiger partial charge in [0.25, 0.3) is 5.91 Å². The molecule has 0 bridgehead atoms. The van der Waals surface area contributed by atoms with Gasteiger partial charge >= 0.3 is 0 Å². The summed E-state index contributed by atoms with van der Waals surface area (Å²) in [7, 11) is -1.09. The minimum atomic E-state index is -2.91. The number of fused-ring (bicyclic) bond motifs is 1. The first-order valence-corrected chi connectivity index (χ1v) is 8.76.